The number of anilines is 1. The molecule has 0 bridgehead atoms. The van der Waals surface area contributed by atoms with Crippen LogP contribution in [0.25, 0.3) is 6.08 Å². The van der Waals surface area contributed by atoms with Crippen LogP contribution in [0.4, 0.5) is 5.69 Å². The van der Waals surface area contributed by atoms with Crippen LogP contribution in [0.5, 0.6) is 5.75 Å². The number of hydrogen-bond donors (Lipinski definition) is 2. The molecule has 1 amide bonds. The van der Waals surface area contributed by atoms with Gasteiger partial charge < -0.3 is 15.4 Å². The van der Waals surface area contributed by atoms with Crippen molar-refractivity contribution in [3.05, 3.63) is 59.6 Å². The van der Waals surface area contributed by atoms with Crippen LogP contribution >= 0.6 is 56.9 Å². The van der Waals surface area contributed by atoms with Crippen LogP contribution in [0, 0.1) is 7.14 Å². The first-order chi connectivity index (χ1) is 13.0. The van der Waals surface area contributed by atoms with Gasteiger partial charge in [-0.05, 0) is 100.0 Å². The normalized spacial score (nSPS) is 17.9. The standard InChI is InChI=1S/C20H20I2N2O2S/c1-3-12-5-7-14(8-6-12)23-20-24-19(25)17(27-20)11-13-9-15(21)18(26-4-2)16(22)10-13/h5-11,20,23H,3-4H2,1-2H3,(H,24,25)/b17-11-/t20-/m1/s1. The fraction of sp³-hybridized carbons (Fsp3) is 0.250. The molecule has 1 aliphatic heterocycles. The van der Waals surface area contributed by atoms with Gasteiger partial charge in [0.25, 0.3) is 5.91 Å². The maximum atomic E-state index is 12.4. The highest BCUT2D eigenvalue weighted by Gasteiger charge is 2.27. The van der Waals surface area contributed by atoms with Gasteiger partial charge in [-0.25, -0.2) is 0 Å². The third kappa shape index (κ3) is 5.32. The van der Waals surface area contributed by atoms with E-state index in [1.807, 2.05) is 37.3 Å². The van der Waals surface area contributed by atoms with Gasteiger partial charge in [-0.15, -0.1) is 0 Å². The van der Waals surface area contributed by atoms with Crippen molar-refractivity contribution in [3.8, 4) is 5.75 Å². The summed E-state index contributed by atoms with van der Waals surface area (Å²) in [6.07, 6.45) is 2.95. The number of aryl methyl sites for hydroxylation is 1. The Morgan fingerprint density at radius 1 is 1.19 bits per heavy atom. The monoisotopic (exact) mass is 606 g/mol. The quantitative estimate of drug-likeness (QED) is 0.339. The number of benzene rings is 2. The van der Waals surface area contributed by atoms with Gasteiger partial charge in [0.05, 0.1) is 18.7 Å². The van der Waals surface area contributed by atoms with Crippen LogP contribution in [0.3, 0.4) is 0 Å². The molecule has 1 heterocycles. The molecule has 0 aliphatic carbocycles. The van der Waals surface area contributed by atoms with Crippen LogP contribution in [0.2, 0.25) is 0 Å². The highest BCUT2D eigenvalue weighted by molar-refractivity contribution is 14.1. The van der Waals surface area contributed by atoms with E-state index in [1.54, 1.807) is 0 Å². The summed E-state index contributed by atoms with van der Waals surface area (Å²) in [5.41, 5.74) is 3.12. The molecular weight excluding hydrogens is 586 g/mol. The van der Waals surface area contributed by atoms with Crippen LogP contribution < -0.4 is 15.4 Å². The molecule has 1 atom stereocenters. The minimum Gasteiger partial charge on any atom is -0.492 e. The first kappa shape index (κ1) is 20.8. The molecule has 0 saturated carbocycles. The van der Waals surface area contributed by atoms with Crippen LogP contribution in [0.15, 0.2) is 41.3 Å². The van der Waals surface area contributed by atoms with Crippen LogP contribution in [-0.4, -0.2) is 18.0 Å². The predicted octanol–water partition coefficient (Wildman–Crippen LogP) is 5.46. The third-order valence-electron chi connectivity index (χ3n) is 4.00. The van der Waals surface area contributed by atoms with E-state index < -0.39 is 0 Å². The SMILES string of the molecule is CCOc1c(I)cc(/C=C2\S[C@H](Nc3ccc(CC)cc3)NC2=O)cc1I. The number of thioether (sulfide) groups is 1. The van der Waals surface area contributed by atoms with Crippen LogP contribution in [0.1, 0.15) is 25.0 Å². The minimum atomic E-state index is -0.169. The van der Waals surface area contributed by atoms with Gasteiger partial charge in [0.1, 0.15) is 5.75 Å². The molecule has 2 N–H and O–H groups in total. The van der Waals surface area contributed by atoms with E-state index >= 15 is 0 Å². The van der Waals surface area contributed by atoms with Gasteiger partial charge in [0.15, 0.2) is 5.50 Å². The third-order valence-corrected chi connectivity index (χ3v) is 6.63. The molecule has 0 radical (unpaired) electrons. The fourth-order valence-corrected chi connectivity index (χ4v) is 5.76. The number of carbonyl (C=O) groups excluding carboxylic acids is 1. The summed E-state index contributed by atoms with van der Waals surface area (Å²) in [6.45, 7) is 4.75. The average Bonchev–Trinajstić information content (AvgIpc) is 2.98. The molecule has 0 unspecified atom stereocenters. The number of halogens is 2. The zero-order valence-corrected chi connectivity index (χ0v) is 20.1. The molecule has 3 rings (SSSR count). The van der Waals surface area contributed by atoms with E-state index in [4.69, 9.17) is 4.74 Å². The average molecular weight is 606 g/mol. The number of ether oxygens (including phenoxy) is 1. The Labute approximate surface area is 191 Å². The van der Waals surface area contributed by atoms with Gasteiger partial charge in [0.2, 0.25) is 0 Å². The molecule has 2 aromatic carbocycles. The highest BCUT2D eigenvalue weighted by Crippen LogP contribution is 2.33. The molecule has 1 saturated heterocycles. The Hall–Kier alpha value is -0.940. The van der Waals surface area contributed by atoms with Crippen molar-refractivity contribution in [2.45, 2.75) is 25.8 Å². The van der Waals surface area contributed by atoms with Crippen molar-refractivity contribution in [3.63, 3.8) is 0 Å². The lowest BCUT2D eigenvalue weighted by Crippen LogP contribution is -2.30. The maximum absolute atomic E-state index is 12.4. The first-order valence-corrected chi connectivity index (χ1v) is 11.7. The zero-order valence-electron chi connectivity index (χ0n) is 15.0. The predicted molar refractivity (Wildman–Crippen MR) is 130 cm³/mol. The van der Waals surface area contributed by atoms with Crippen molar-refractivity contribution in [2.75, 3.05) is 11.9 Å². The fourth-order valence-electron chi connectivity index (χ4n) is 2.65. The van der Waals surface area contributed by atoms with Crippen molar-refractivity contribution in [2.24, 2.45) is 0 Å². The zero-order chi connectivity index (χ0) is 19.4. The molecule has 0 aromatic heterocycles. The Morgan fingerprint density at radius 3 is 2.44 bits per heavy atom. The summed E-state index contributed by atoms with van der Waals surface area (Å²) in [4.78, 5) is 13.1. The Bertz CT molecular complexity index is 846. The molecule has 1 aliphatic rings. The summed E-state index contributed by atoms with van der Waals surface area (Å²) in [5, 5.41) is 6.33. The molecular formula is C20H20I2N2O2S. The number of nitrogens with one attached hydrogen (secondary N) is 2. The highest BCUT2D eigenvalue weighted by atomic mass is 127. The summed E-state index contributed by atoms with van der Waals surface area (Å²) in [7, 11) is 0. The number of amides is 1. The van der Waals surface area contributed by atoms with Gasteiger partial charge >= 0.3 is 0 Å². The number of carbonyl (C=O) groups is 1. The van der Waals surface area contributed by atoms with E-state index in [0.717, 1.165) is 30.6 Å². The second kappa shape index (κ2) is 9.51. The minimum absolute atomic E-state index is 0.0541. The van der Waals surface area contributed by atoms with Gasteiger partial charge in [-0.2, -0.15) is 0 Å². The smallest absolute Gasteiger partial charge is 0.260 e. The Morgan fingerprint density at radius 2 is 1.85 bits per heavy atom. The van der Waals surface area contributed by atoms with Gasteiger partial charge in [-0.3, -0.25) is 4.79 Å². The van der Waals surface area contributed by atoms with Crippen molar-refractivity contribution < 1.29 is 9.53 Å². The van der Waals surface area contributed by atoms with E-state index in [9.17, 15) is 4.79 Å². The Balaban J connectivity index is 1.73. The number of hydrogen-bond acceptors (Lipinski definition) is 4. The second-order valence-electron chi connectivity index (χ2n) is 5.92. The first-order valence-electron chi connectivity index (χ1n) is 8.66. The molecule has 2 aromatic rings. The summed E-state index contributed by atoms with van der Waals surface area (Å²) in [5.74, 6) is 0.848. The van der Waals surface area contributed by atoms with Crippen molar-refractivity contribution in [1.82, 2.24) is 5.32 Å². The number of rotatable bonds is 6. The topological polar surface area (TPSA) is 50.4 Å². The summed E-state index contributed by atoms with van der Waals surface area (Å²) in [6, 6.07) is 12.4. The van der Waals surface area contributed by atoms with Gasteiger partial charge in [0, 0.05) is 5.69 Å². The molecule has 4 nitrogen and oxygen atoms in total. The van der Waals surface area contributed by atoms with Crippen molar-refractivity contribution in [1.29, 1.82) is 0 Å². The maximum Gasteiger partial charge on any atom is 0.260 e. The lowest BCUT2D eigenvalue weighted by molar-refractivity contribution is -0.116. The van der Waals surface area contributed by atoms with Crippen molar-refractivity contribution >= 4 is 74.6 Å². The second-order valence-corrected chi connectivity index (χ2v) is 9.39. The molecule has 0 spiro atoms. The van der Waals surface area contributed by atoms with Crippen LogP contribution in [-0.2, 0) is 11.2 Å². The lowest BCUT2D eigenvalue weighted by atomic mass is 10.1. The molecule has 142 valence electrons. The van der Waals surface area contributed by atoms with E-state index in [-0.39, 0.29) is 11.4 Å². The molecule has 7 heteroatoms. The summed E-state index contributed by atoms with van der Waals surface area (Å²) < 4.78 is 7.77. The molecule has 1 fully saturated rings. The van der Waals surface area contributed by atoms with E-state index in [2.05, 4.69) is 74.9 Å². The largest absolute Gasteiger partial charge is 0.492 e. The van der Waals surface area contributed by atoms with Gasteiger partial charge in [-0.1, -0.05) is 30.8 Å². The lowest BCUT2D eigenvalue weighted by Gasteiger charge is -2.13. The molecule has 27 heavy (non-hydrogen) atoms. The van der Waals surface area contributed by atoms with E-state index in [1.165, 1.54) is 17.3 Å². The summed E-state index contributed by atoms with van der Waals surface area (Å²) >= 11 is 6.04. The van der Waals surface area contributed by atoms with E-state index in [0.29, 0.717) is 11.5 Å². The Kier molecular flexibility index (Phi) is 7.32.